The van der Waals surface area contributed by atoms with Crippen LogP contribution in [-0.4, -0.2) is 4.98 Å². The van der Waals surface area contributed by atoms with Crippen molar-refractivity contribution in [1.29, 1.82) is 0 Å². The number of nitrogens with zero attached hydrogens (tertiary/aromatic N) is 1. The minimum Gasteiger partial charge on any atom is -0.261 e. The summed E-state index contributed by atoms with van der Waals surface area (Å²) < 4.78 is 0. The molecular formula is C13H13N. The van der Waals surface area contributed by atoms with Crippen molar-refractivity contribution in [2.24, 2.45) is 0 Å². The van der Waals surface area contributed by atoms with Crippen molar-refractivity contribution in [3.05, 3.63) is 66.0 Å². The molecule has 1 aromatic heterocycles. The topological polar surface area (TPSA) is 12.9 Å². The van der Waals surface area contributed by atoms with E-state index in [1.54, 1.807) is 0 Å². The predicted molar refractivity (Wildman–Crippen MR) is 58.2 cm³/mol. The molecule has 14 heavy (non-hydrogen) atoms. The van der Waals surface area contributed by atoms with Crippen LogP contribution in [0.1, 0.15) is 24.1 Å². The highest BCUT2D eigenvalue weighted by Gasteiger charge is 2.07. The Morgan fingerprint density at radius 1 is 0.929 bits per heavy atom. The molecule has 0 spiro atoms. The molecule has 0 amide bonds. The lowest BCUT2D eigenvalue weighted by Gasteiger charge is -2.10. The largest absolute Gasteiger partial charge is 0.261 e. The van der Waals surface area contributed by atoms with Crippen LogP contribution in [0.15, 0.2) is 54.7 Å². The smallest absolute Gasteiger partial charge is 0.0475 e. The first kappa shape index (κ1) is 8.95. The van der Waals surface area contributed by atoms with E-state index in [4.69, 9.17) is 0 Å². The zero-order valence-electron chi connectivity index (χ0n) is 8.22. The van der Waals surface area contributed by atoms with Gasteiger partial charge in [0, 0.05) is 17.8 Å². The molecule has 1 atom stereocenters. The van der Waals surface area contributed by atoms with Gasteiger partial charge in [0.15, 0.2) is 0 Å². The summed E-state index contributed by atoms with van der Waals surface area (Å²) in [5.41, 5.74) is 2.44. The van der Waals surface area contributed by atoms with E-state index in [-0.39, 0.29) is 0 Å². The molecule has 0 bridgehead atoms. The highest BCUT2D eigenvalue weighted by molar-refractivity contribution is 5.27. The van der Waals surface area contributed by atoms with Crippen molar-refractivity contribution >= 4 is 0 Å². The van der Waals surface area contributed by atoms with Crippen molar-refractivity contribution in [1.82, 2.24) is 4.98 Å². The van der Waals surface area contributed by atoms with Gasteiger partial charge in [-0.05, 0) is 17.7 Å². The van der Waals surface area contributed by atoms with Crippen LogP contribution in [0.5, 0.6) is 0 Å². The van der Waals surface area contributed by atoms with Gasteiger partial charge in [0.25, 0.3) is 0 Å². The zero-order chi connectivity index (χ0) is 9.80. The molecule has 0 radical (unpaired) electrons. The maximum absolute atomic E-state index is 4.36. The van der Waals surface area contributed by atoms with E-state index < -0.39 is 0 Å². The van der Waals surface area contributed by atoms with Gasteiger partial charge >= 0.3 is 0 Å². The zero-order valence-corrected chi connectivity index (χ0v) is 8.22. The molecule has 2 aromatic rings. The summed E-state index contributed by atoms with van der Waals surface area (Å²) in [4.78, 5) is 4.36. The second-order valence-electron chi connectivity index (χ2n) is 3.39. The van der Waals surface area contributed by atoms with Crippen LogP contribution in [0.3, 0.4) is 0 Å². The van der Waals surface area contributed by atoms with Gasteiger partial charge < -0.3 is 0 Å². The normalized spacial score (nSPS) is 12.4. The summed E-state index contributed by atoms with van der Waals surface area (Å²) in [6, 6.07) is 16.5. The fraction of sp³-hybridized carbons (Fsp3) is 0.154. The third kappa shape index (κ3) is 1.82. The van der Waals surface area contributed by atoms with E-state index in [1.807, 2.05) is 24.4 Å². The molecule has 0 fully saturated rings. The van der Waals surface area contributed by atoms with Gasteiger partial charge in [-0.2, -0.15) is 0 Å². The highest BCUT2D eigenvalue weighted by atomic mass is 14.7. The SMILES string of the molecule is C[C@@H](c1ccccc1)c1ccccn1. The highest BCUT2D eigenvalue weighted by Crippen LogP contribution is 2.21. The first-order valence-electron chi connectivity index (χ1n) is 4.84. The number of benzene rings is 1. The van der Waals surface area contributed by atoms with E-state index in [1.165, 1.54) is 5.56 Å². The molecule has 1 heteroatoms. The maximum Gasteiger partial charge on any atom is 0.0475 e. The van der Waals surface area contributed by atoms with Gasteiger partial charge in [0.05, 0.1) is 0 Å². The number of rotatable bonds is 2. The Labute approximate surface area is 84.4 Å². The molecule has 0 unspecified atom stereocenters. The van der Waals surface area contributed by atoms with Crippen LogP contribution in [0.2, 0.25) is 0 Å². The van der Waals surface area contributed by atoms with Crippen molar-refractivity contribution in [3.8, 4) is 0 Å². The lowest BCUT2D eigenvalue weighted by atomic mass is 9.97. The molecule has 0 aliphatic heterocycles. The monoisotopic (exact) mass is 183 g/mol. The summed E-state index contributed by atoms with van der Waals surface area (Å²) >= 11 is 0. The third-order valence-corrected chi connectivity index (χ3v) is 2.43. The summed E-state index contributed by atoms with van der Waals surface area (Å²) in [6.07, 6.45) is 1.84. The molecule has 1 heterocycles. The van der Waals surface area contributed by atoms with E-state index in [0.717, 1.165) is 5.69 Å². The Hall–Kier alpha value is -1.63. The van der Waals surface area contributed by atoms with Crippen molar-refractivity contribution in [3.63, 3.8) is 0 Å². The summed E-state index contributed by atoms with van der Waals surface area (Å²) in [6.45, 7) is 2.18. The molecule has 70 valence electrons. The predicted octanol–water partition coefficient (Wildman–Crippen LogP) is 3.23. The van der Waals surface area contributed by atoms with E-state index in [0.29, 0.717) is 5.92 Å². The minimum absolute atomic E-state index is 0.373. The second kappa shape index (κ2) is 4.05. The molecule has 1 aromatic carbocycles. The third-order valence-electron chi connectivity index (χ3n) is 2.43. The maximum atomic E-state index is 4.36. The Morgan fingerprint density at radius 2 is 1.64 bits per heavy atom. The summed E-state index contributed by atoms with van der Waals surface area (Å²) in [7, 11) is 0. The standard InChI is InChI=1S/C13H13N/c1-11(12-7-3-2-4-8-12)13-9-5-6-10-14-13/h2-11H,1H3/t11-/m0/s1. The van der Waals surface area contributed by atoms with Gasteiger partial charge in [-0.15, -0.1) is 0 Å². The van der Waals surface area contributed by atoms with Crippen molar-refractivity contribution < 1.29 is 0 Å². The molecule has 0 N–H and O–H groups in total. The average Bonchev–Trinajstić information content (AvgIpc) is 2.30. The summed E-state index contributed by atoms with van der Waals surface area (Å²) in [5.74, 6) is 0.373. The number of hydrogen-bond donors (Lipinski definition) is 0. The Kier molecular flexibility index (Phi) is 2.59. The van der Waals surface area contributed by atoms with E-state index >= 15 is 0 Å². The lowest BCUT2D eigenvalue weighted by Crippen LogP contribution is -1.97. The average molecular weight is 183 g/mol. The fourth-order valence-electron chi connectivity index (χ4n) is 1.54. The first-order valence-corrected chi connectivity index (χ1v) is 4.84. The number of aromatic nitrogens is 1. The molecule has 0 aliphatic carbocycles. The Balaban J connectivity index is 2.30. The summed E-state index contributed by atoms with van der Waals surface area (Å²) in [5, 5.41) is 0. The Bertz CT molecular complexity index is 341. The fourth-order valence-corrected chi connectivity index (χ4v) is 1.54. The van der Waals surface area contributed by atoms with Gasteiger partial charge in [0.2, 0.25) is 0 Å². The lowest BCUT2D eigenvalue weighted by molar-refractivity contribution is 0.871. The van der Waals surface area contributed by atoms with Gasteiger partial charge in [-0.3, -0.25) is 4.98 Å². The van der Waals surface area contributed by atoms with Crippen LogP contribution in [0.25, 0.3) is 0 Å². The quantitative estimate of drug-likeness (QED) is 0.696. The van der Waals surface area contributed by atoms with Crippen molar-refractivity contribution in [2.75, 3.05) is 0 Å². The molecule has 0 aliphatic rings. The molecule has 0 saturated heterocycles. The molecule has 2 rings (SSSR count). The van der Waals surface area contributed by atoms with Crippen LogP contribution < -0.4 is 0 Å². The van der Waals surface area contributed by atoms with Crippen LogP contribution in [0.4, 0.5) is 0 Å². The van der Waals surface area contributed by atoms with Gasteiger partial charge in [-0.1, -0.05) is 43.3 Å². The number of pyridine rings is 1. The van der Waals surface area contributed by atoms with Gasteiger partial charge in [0.1, 0.15) is 0 Å². The van der Waals surface area contributed by atoms with Crippen LogP contribution >= 0.6 is 0 Å². The molecular weight excluding hydrogens is 170 g/mol. The minimum atomic E-state index is 0.373. The van der Waals surface area contributed by atoms with Crippen LogP contribution in [0, 0.1) is 0 Å². The Morgan fingerprint density at radius 3 is 2.29 bits per heavy atom. The molecule has 0 saturated carbocycles. The second-order valence-corrected chi connectivity index (χ2v) is 3.39. The first-order chi connectivity index (χ1) is 6.88. The van der Waals surface area contributed by atoms with Gasteiger partial charge in [-0.25, -0.2) is 0 Å². The number of hydrogen-bond acceptors (Lipinski definition) is 1. The molecule has 1 nitrogen and oxygen atoms in total. The van der Waals surface area contributed by atoms with Crippen molar-refractivity contribution in [2.45, 2.75) is 12.8 Å². The van der Waals surface area contributed by atoms with Crippen LogP contribution in [-0.2, 0) is 0 Å². The van der Waals surface area contributed by atoms with E-state index in [2.05, 4.69) is 42.2 Å². The van der Waals surface area contributed by atoms with E-state index in [9.17, 15) is 0 Å².